The van der Waals surface area contributed by atoms with Gasteiger partial charge < -0.3 is 18.9 Å². The predicted molar refractivity (Wildman–Crippen MR) is 146 cm³/mol. The number of carbonyl (C=O) groups is 1. The molecule has 0 saturated carbocycles. The lowest BCUT2D eigenvalue weighted by Crippen LogP contribution is -2.22. The summed E-state index contributed by atoms with van der Waals surface area (Å²) >= 11 is 1.65. The molecule has 0 bridgehead atoms. The normalized spacial score (nSPS) is 11.6. The number of benzene rings is 3. The topological polar surface area (TPSA) is 54.0 Å². The van der Waals surface area contributed by atoms with E-state index in [4.69, 9.17) is 18.9 Å². The summed E-state index contributed by atoms with van der Waals surface area (Å²) in [6.45, 7) is 7.58. The van der Waals surface area contributed by atoms with Crippen molar-refractivity contribution in [3.05, 3.63) is 77.9 Å². The molecule has 0 fully saturated rings. The van der Waals surface area contributed by atoms with Crippen LogP contribution in [-0.2, 0) is 9.53 Å². The van der Waals surface area contributed by atoms with Crippen molar-refractivity contribution in [1.82, 2.24) is 0 Å². The highest BCUT2D eigenvalue weighted by Gasteiger charge is 2.20. The van der Waals surface area contributed by atoms with Gasteiger partial charge >= 0.3 is 5.97 Å². The van der Waals surface area contributed by atoms with Crippen molar-refractivity contribution in [2.24, 2.45) is 0 Å². The summed E-state index contributed by atoms with van der Waals surface area (Å²) in [7, 11) is 3.34. The summed E-state index contributed by atoms with van der Waals surface area (Å²) in [5.74, 6) is 2.73. The number of hydrogen-bond acceptors (Lipinski definition) is 6. The Hall–Kier alpha value is -3.77. The number of methoxy groups -OCH3 is 2. The van der Waals surface area contributed by atoms with Crippen molar-refractivity contribution in [1.29, 1.82) is 0 Å². The van der Waals surface area contributed by atoms with Crippen LogP contribution in [0.5, 0.6) is 23.0 Å². The zero-order valence-corrected chi connectivity index (χ0v) is 22.2. The first kappa shape index (κ1) is 25.3. The zero-order chi connectivity index (χ0) is 25.9. The number of fused-ring (bicyclic) bond motifs is 1. The van der Waals surface area contributed by atoms with Gasteiger partial charge in [0.1, 0.15) is 22.8 Å². The molecule has 6 heteroatoms. The van der Waals surface area contributed by atoms with E-state index in [2.05, 4.69) is 13.0 Å². The molecule has 0 aliphatic carbocycles. The van der Waals surface area contributed by atoms with Gasteiger partial charge in [-0.1, -0.05) is 24.3 Å². The van der Waals surface area contributed by atoms with Gasteiger partial charge in [-0.25, -0.2) is 4.79 Å². The van der Waals surface area contributed by atoms with E-state index in [0.29, 0.717) is 5.75 Å². The van der Waals surface area contributed by atoms with Gasteiger partial charge in [0.2, 0.25) is 0 Å². The first-order valence-electron chi connectivity index (χ1n) is 11.6. The maximum absolute atomic E-state index is 12.0. The fourth-order valence-corrected chi connectivity index (χ4v) is 5.05. The summed E-state index contributed by atoms with van der Waals surface area (Å²) in [4.78, 5) is 13.0. The molecule has 0 saturated heterocycles. The molecule has 0 N–H and O–H groups in total. The Balaban J connectivity index is 1.68. The van der Waals surface area contributed by atoms with Crippen LogP contribution in [0.25, 0.3) is 26.6 Å². The molecule has 0 aliphatic rings. The maximum atomic E-state index is 12.0. The van der Waals surface area contributed by atoms with E-state index >= 15 is 0 Å². The number of carbonyl (C=O) groups excluding carboxylic acids is 1. The number of esters is 1. The quantitative estimate of drug-likeness (QED) is 0.189. The second kappa shape index (κ2) is 10.5. The molecule has 1 aromatic heterocycles. The van der Waals surface area contributed by atoms with Crippen LogP contribution < -0.4 is 14.2 Å². The Morgan fingerprint density at radius 1 is 0.917 bits per heavy atom. The van der Waals surface area contributed by atoms with Gasteiger partial charge in [-0.05, 0) is 81.3 Å². The molecular weight excluding hydrogens is 472 g/mol. The Labute approximate surface area is 215 Å². The van der Waals surface area contributed by atoms with Crippen LogP contribution in [0, 0.1) is 6.92 Å². The molecule has 0 atom stereocenters. The molecule has 1 heterocycles. The van der Waals surface area contributed by atoms with E-state index in [1.54, 1.807) is 31.6 Å². The Morgan fingerprint density at radius 3 is 2.31 bits per heavy atom. The van der Waals surface area contributed by atoms with Crippen LogP contribution in [0.1, 0.15) is 31.9 Å². The minimum atomic E-state index is -0.523. The fourth-order valence-electron chi connectivity index (χ4n) is 3.81. The van der Waals surface area contributed by atoms with E-state index in [1.807, 2.05) is 75.4 Å². The summed E-state index contributed by atoms with van der Waals surface area (Å²) in [6.07, 6.45) is 3.17. The highest BCUT2D eigenvalue weighted by atomic mass is 32.1. The molecule has 4 rings (SSSR count). The van der Waals surface area contributed by atoms with Crippen molar-refractivity contribution in [3.63, 3.8) is 0 Å². The molecule has 0 spiro atoms. The number of rotatable bonds is 7. The van der Waals surface area contributed by atoms with Gasteiger partial charge in [0.15, 0.2) is 5.75 Å². The van der Waals surface area contributed by atoms with Crippen LogP contribution in [0.2, 0.25) is 0 Å². The van der Waals surface area contributed by atoms with Crippen molar-refractivity contribution in [3.8, 4) is 33.4 Å². The minimum Gasteiger partial charge on any atom is -0.497 e. The van der Waals surface area contributed by atoms with E-state index in [1.165, 1.54) is 6.08 Å². The van der Waals surface area contributed by atoms with Crippen LogP contribution >= 0.6 is 11.3 Å². The van der Waals surface area contributed by atoms with Gasteiger partial charge in [-0.3, -0.25) is 0 Å². The predicted octanol–water partition coefficient (Wildman–Crippen LogP) is 8.04. The van der Waals surface area contributed by atoms with Crippen LogP contribution in [0.3, 0.4) is 0 Å². The van der Waals surface area contributed by atoms with E-state index in [0.717, 1.165) is 48.9 Å². The zero-order valence-electron chi connectivity index (χ0n) is 21.4. The lowest BCUT2D eigenvalue weighted by atomic mass is 10.0. The number of thiophene rings is 1. The average Bonchev–Trinajstić information content (AvgIpc) is 3.19. The molecule has 0 aliphatic heterocycles. The molecule has 4 aromatic rings. The second-order valence-corrected chi connectivity index (χ2v) is 10.3. The highest BCUT2D eigenvalue weighted by Crippen LogP contribution is 2.48. The first-order valence-corrected chi connectivity index (χ1v) is 12.4. The molecule has 0 unspecified atom stereocenters. The Bertz CT molecular complexity index is 1410. The van der Waals surface area contributed by atoms with Crippen LogP contribution in [-0.4, -0.2) is 25.8 Å². The largest absolute Gasteiger partial charge is 0.497 e. The lowest BCUT2D eigenvalue weighted by Gasteiger charge is -2.17. The van der Waals surface area contributed by atoms with Gasteiger partial charge in [0.25, 0.3) is 0 Å². The maximum Gasteiger partial charge on any atom is 0.331 e. The van der Waals surface area contributed by atoms with Gasteiger partial charge in [0, 0.05) is 21.7 Å². The number of hydrogen-bond donors (Lipinski definition) is 0. The molecule has 5 nitrogen and oxygen atoms in total. The third-order valence-corrected chi connectivity index (χ3v) is 6.69. The first-order chi connectivity index (χ1) is 17.2. The van der Waals surface area contributed by atoms with Gasteiger partial charge in [-0.2, -0.15) is 0 Å². The molecule has 0 amide bonds. The minimum absolute atomic E-state index is 0.374. The lowest BCUT2D eigenvalue weighted by molar-refractivity contribution is -0.148. The highest BCUT2D eigenvalue weighted by molar-refractivity contribution is 7.22. The Kier molecular flexibility index (Phi) is 7.36. The van der Waals surface area contributed by atoms with Crippen molar-refractivity contribution >= 4 is 33.5 Å². The fraction of sp³-hybridized carbons (Fsp3) is 0.233. The van der Waals surface area contributed by atoms with E-state index in [9.17, 15) is 4.79 Å². The van der Waals surface area contributed by atoms with Gasteiger partial charge in [-0.15, -0.1) is 11.3 Å². The van der Waals surface area contributed by atoms with Crippen molar-refractivity contribution in [2.45, 2.75) is 33.3 Å². The van der Waals surface area contributed by atoms with E-state index in [-0.39, 0.29) is 5.97 Å². The summed E-state index contributed by atoms with van der Waals surface area (Å²) in [5.41, 5.74) is 2.45. The van der Waals surface area contributed by atoms with Crippen molar-refractivity contribution in [2.75, 3.05) is 14.2 Å². The molecule has 186 valence electrons. The summed E-state index contributed by atoms with van der Waals surface area (Å²) in [6, 6.07) is 19.6. The third-order valence-electron chi connectivity index (χ3n) is 5.52. The van der Waals surface area contributed by atoms with E-state index < -0.39 is 5.60 Å². The van der Waals surface area contributed by atoms with Crippen LogP contribution in [0.4, 0.5) is 0 Å². The molecule has 3 aromatic carbocycles. The Morgan fingerprint density at radius 2 is 1.64 bits per heavy atom. The molecular formula is C30H30O5S. The van der Waals surface area contributed by atoms with Gasteiger partial charge in [0.05, 0.1) is 19.1 Å². The average molecular weight is 503 g/mol. The summed E-state index contributed by atoms with van der Waals surface area (Å²) in [5, 5.41) is 1.01. The van der Waals surface area contributed by atoms with Crippen molar-refractivity contribution < 1.29 is 23.7 Å². The monoisotopic (exact) mass is 502 g/mol. The SMILES string of the molecule is COc1ccc2c(Oc3ccc(C=CC(=O)OC(C)(C)C)cc3)c(-c3cccc(OC)c3C)sc2c1. The standard InChI is InChI=1S/C30H30O5S/c1-19-23(8-7-9-25(19)33-6)29-28(24-16-15-22(32-5)18-26(24)36-29)34-21-13-10-20(11-14-21)12-17-27(31)35-30(2,3)4/h7-18H,1-6H3. The third kappa shape index (κ3) is 5.71. The second-order valence-electron chi connectivity index (χ2n) is 9.29. The molecule has 36 heavy (non-hydrogen) atoms. The summed E-state index contributed by atoms with van der Waals surface area (Å²) < 4.78 is 23.9. The number of ether oxygens (including phenoxy) is 4. The molecule has 0 radical (unpaired) electrons. The van der Waals surface area contributed by atoms with Crippen LogP contribution in [0.15, 0.2) is 66.7 Å². The smallest absolute Gasteiger partial charge is 0.331 e.